The van der Waals surface area contributed by atoms with E-state index in [1.807, 2.05) is 0 Å². The van der Waals surface area contributed by atoms with Crippen LogP contribution in [-0.2, 0) is 9.84 Å². The molecule has 1 aromatic carbocycles. The fourth-order valence-electron chi connectivity index (χ4n) is 3.05. The number of pyridine rings is 1. The van der Waals surface area contributed by atoms with Crippen molar-refractivity contribution in [1.82, 2.24) is 9.88 Å². The summed E-state index contributed by atoms with van der Waals surface area (Å²) in [5.74, 6) is 0.298. The van der Waals surface area contributed by atoms with Crippen LogP contribution in [-0.4, -0.2) is 54.6 Å². The van der Waals surface area contributed by atoms with Crippen LogP contribution in [0.4, 0.5) is 11.5 Å². The van der Waals surface area contributed by atoms with E-state index in [-0.39, 0.29) is 29.2 Å². The highest BCUT2D eigenvalue weighted by Crippen LogP contribution is 2.21. The number of hydrogen-bond donors (Lipinski definition) is 1. The zero-order chi connectivity index (χ0) is 19.6. The van der Waals surface area contributed by atoms with Crippen LogP contribution in [0.25, 0.3) is 0 Å². The van der Waals surface area contributed by atoms with Gasteiger partial charge in [0, 0.05) is 36.1 Å². The number of carbonyl (C=O) groups excluding carboxylic acids is 2. The summed E-state index contributed by atoms with van der Waals surface area (Å²) in [5.41, 5.74) is 1.69. The molecule has 1 aliphatic heterocycles. The molecule has 7 nitrogen and oxygen atoms in total. The Morgan fingerprint density at radius 2 is 1.96 bits per heavy atom. The van der Waals surface area contributed by atoms with Crippen LogP contribution in [0.5, 0.6) is 0 Å². The normalized spacial score (nSPS) is 18.1. The number of nitrogens with one attached hydrogen (secondary N) is 1. The number of nitrogens with zero attached hydrogens (tertiary/aromatic N) is 2. The Morgan fingerprint density at radius 3 is 2.63 bits per heavy atom. The maximum absolute atomic E-state index is 12.7. The van der Waals surface area contributed by atoms with Gasteiger partial charge in [-0.25, -0.2) is 13.4 Å². The molecule has 0 aliphatic carbocycles. The van der Waals surface area contributed by atoms with Crippen LogP contribution in [0, 0.1) is 0 Å². The summed E-state index contributed by atoms with van der Waals surface area (Å²) >= 11 is 0. The maximum Gasteiger partial charge on any atom is 0.254 e. The Hall–Kier alpha value is -2.74. The van der Waals surface area contributed by atoms with Crippen molar-refractivity contribution in [2.75, 3.05) is 23.9 Å². The molecule has 1 N–H and O–H groups in total. The smallest absolute Gasteiger partial charge is 0.254 e. The van der Waals surface area contributed by atoms with Gasteiger partial charge in [-0.3, -0.25) is 9.59 Å². The highest BCUT2D eigenvalue weighted by Gasteiger charge is 2.33. The van der Waals surface area contributed by atoms with Crippen molar-refractivity contribution >= 4 is 33.0 Å². The zero-order valence-electron chi connectivity index (χ0n) is 15.2. The zero-order valence-corrected chi connectivity index (χ0v) is 16.0. The van der Waals surface area contributed by atoms with Gasteiger partial charge in [-0.1, -0.05) is 12.1 Å². The summed E-state index contributed by atoms with van der Waals surface area (Å²) in [7, 11) is -1.44. The van der Waals surface area contributed by atoms with E-state index in [1.165, 1.54) is 18.0 Å². The number of amides is 1. The first kappa shape index (κ1) is 19.0. The van der Waals surface area contributed by atoms with Gasteiger partial charge in [0.25, 0.3) is 5.91 Å². The lowest BCUT2D eigenvalue weighted by Crippen LogP contribution is -2.37. The average Bonchev–Trinajstić information content (AvgIpc) is 3.00. The first-order chi connectivity index (χ1) is 12.7. The Labute approximate surface area is 158 Å². The summed E-state index contributed by atoms with van der Waals surface area (Å²) in [5, 5.41) is 3.09. The number of aromatic nitrogens is 1. The molecule has 1 aromatic heterocycles. The monoisotopic (exact) mass is 387 g/mol. The second kappa shape index (κ2) is 7.48. The molecule has 0 radical (unpaired) electrons. The molecule has 27 heavy (non-hydrogen) atoms. The Kier molecular flexibility index (Phi) is 5.27. The number of benzene rings is 1. The van der Waals surface area contributed by atoms with E-state index in [1.54, 1.807) is 43.4 Å². The van der Waals surface area contributed by atoms with Gasteiger partial charge in [-0.15, -0.1) is 0 Å². The van der Waals surface area contributed by atoms with Crippen LogP contribution in [0.2, 0.25) is 0 Å². The van der Waals surface area contributed by atoms with Gasteiger partial charge in [0.15, 0.2) is 15.6 Å². The Balaban J connectivity index is 1.76. The molecule has 2 heterocycles. The van der Waals surface area contributed by atoms with Gasteiger partial charge in [-0.2, -0.15) is 0 Å². The van der Waals surface area contributed by atoms with Crippen LogP contribution < -0.4 is 5.32 Å². The minimum absolute atomic E-state index is 0.00324. The maximum atomic E-state index is 12.7. The van der Waals surface area contributed by atoms with Crippen LogP contribution in [0.15, 0.2) is 42.6 Å². The standard InChI is InChI=1S/C19H21N3O4S/c1-13(23)14-4-3-5-16(10-14)21-18-11-15(6-8-20-18)19(24)22(2)17-7-9-27(25,26)12-17/h3-6,8,10-11,17H,7,9,12H2,1-2H3,(H,20,21). The van der Waals surface area contributed by atoms with Gasteiger partial charge in [0.1, 0.15) is 5.82 Å². The first-order valence-corrected chi connectivity index (χ1v) is 10.4. The number of anilines is 2. The highest BCUT2D eigenvalue weighted by molar-refractivity contribution is 7.91. The van der Waals surface area contributed by atoms with E-state index in [0.29, 0.717) is 29.1 Å². The second-order valence-electron chi connectivity index (χ2n) is 6.66. The number of hydrogen-bond acceptors (Lipinski definition) is 6. The summed E-state index contributed by atoms with van der Waals surface area (Å²) in [4.78, 5) is 29.9. The minimum atomic E-state index is -3.06. The van der Waals surface area contributed by atoms with Gasteiger partial charge >= 0.3 is 0 Å². The van der Waals surface area contributed by atoms with Crippen molar-refractivity contribution < 1.29 is 18.0 Å². The predicted molar refractivity (Wildman–Crippen MR) is 103 cm³/mol. The Morgan fingerprint density at radius 1 is 1.19 bits per heavy atom. The lowest BCUT2D eigenvalue weighted by atomic mass is 10.1. The van der Waals surface area contributed by atoms with E-state index in [0.717, 1.165) is 0 Å². The van der Waals surface area contributed by atoms with Crippen molar-refractivity contribution in [2.24, 2.45) is 0 Å². The fraction of sp³-hybridized carbons (Fsp3) is 0.316. The Bertz CT molecular complexity index is 988. The van der Waals surface area contributed by atoms with E-state index in [2.05, 4.69) is 10.3 Å². The van der Waals surface area contributed by atoms with Gasteiger partial charge < -0.3 is 10.2 Å². The number of rotatable bonds is 5. The molecule has 1 unspecified atom stereocenters. The third-order valence-electron chi connectivity index (χ3n) is 4.62. The summed E-state index contributed by atoms with van der Waals surface area (Å²) < 4.78 is 23.3. The summed E-state index contributed by atoms with van der Waals surface area (Å²) in [6.45, 7) is 1.50. The minimum Gasteiger partial charge on any atom is -0.340 e. The molecule has 0 bridgehead atoms. The quantitative estimate of drug-likeness (QED) is 0.791. The van der Waals surface area contributed by atoms with Gasteiger partial charge in [0.2, 0.25) is 0 Å². The largest absolute Gasteiger partial charge is 0.340 e. The number of ketones is 1. The van der Waals surface area contributed by atoms with Crippen LogP contribution >= 0.6 is 0 Å². The first-order valence-electron chi connectivity index (χ1n) is 8.57. The molecule has 1 amide bonds. The third kappa shape index (κ3) is 4.51. The van der Waals surface area contributed by atoms with Crippen molar-refractivity contribution in [3.63, 3.8) is 0 Å². The second-order valence-corrected chi connectivity index (χ2v) is 8.89. The lowest BCUT2D eigenvalue weighted by Gasteiger charge is -2.23. The SMILES string of the molecule is CC(=O)c1cccc(Nc2cc(C(=O)N(C)C3CCS(=O)(=O)C3)ccn2)c1. The highest BCUT2D eigenvalue weighted by atomic mass is 32.2. The topological polar surface area (TPSA) is 96.4 Å². The van der Waals surface area contributed by atoms with Crippen LogP contribution in [0.3, 0.4) is 0 Å². The van der Waals surface area contributed by atoms with Gasteiger partial charge in [0.05, 0.1) is 11.5 Å². The molecule has 142 valence electrons. The molecule has 0 saturated carbocycles. The van der Waals surface area contributed by atoms with E-state index >= 15 is 0 Å². The molecular formula is C19H21N3O4S. The van der Waals surface area contributed by atoms with Gasteiger partial charge in [-0.05, 0) is 37.6 Å². The number of carbonyl (C=O) groups is 2. The molecule has 3 rings (SSSR count). The molecule has 1 atom stereocenters. The van der Waals surface area contributed by atoms with Crippen molar-refractivity contribution in [1.29, 1.82) is 0 Å². The van der Waals surface area contributed by atoms with Crippen molar-refractivity contribution in [2.45, 2.75) is 19.4 Å². The molecule has 1 saturated heterocycles. The molecular weight excluding hydrogens is 366 g/mol. The summed E-state index contributed by atoms with van der Waals surface area (Å²) in [6, 6.07) is 9.92. The fourth-order valence-corrected chi connectivity index (χ4v) is 4.82. The summed E-state index contributed by atoms with van der Waals surface area (Å²) in [6.07, 6.45) is 1.97. The number of Topliss-reactive ketones (excluding diaryl/α,β-unsaturated/α-hetero) is 1. The van der Waals surface area contributed by atoms with E-state index in [4.69, 9.17) is 0 Å². The third-order valence-corrected chi connectivity index (χ3v) is 6.38. The molecule has 1 aliphatic rings. The number of sulfone groups is 1. The van der Waals surface area contributed by atoms with Crippen LogP contribution in [0.1, 0.15) is 34.1 Å². The van der Waals surface area contributed by atoms with Crippen molar-refractivity contribution in [3.05, 3.63) is 53.7 Å². The molecule has 1 fully saturated rings. The lowest BCUT2D eigenvalue weighted by molar-refractivity contribution is 0.0747. The van der Waals surface area contributed by atoms with E-state index in [9.17, 15) is 18.0 Å². The van der Waals surface area contributed by atoms with Crippen molar-refractivity contribution in [3.8, 4) is 0 Å². The molecule has 0 spiro atoms. The van der Waals surface area contributed by atoms with E-state index < -0.39 is 9.84 Å². The average molecular weight is 387 g/mol. The predicted octanol–water partition coefficient (Wildman–Crippen LogP) is 2.29. The molecule has 2 aromatic rings. The molecule has 8 heteroatoms.